The first kappa shape index (κ1) is 15.5. The summed E-state index contributed by atoms with van der Waals surface area (Å²) in [6.45, 7) is 5.88. The molecule has 1 aromatic carbocycles. The first-order valence-corrected chi connectivity index (χ1v) is 8.14. The van der Waals surface area contributed by atoms with Crippen LogP contribution in [0, 0.1) is 13.8 Å². The van der Waals surface area contributed by atoms with Gasteiger partial charge in [-0.3, -0.25) is 4.68 Å². The zero-order valence-corrected chi connectivity index (χ0v) is 13.4. The molecule has 2 rings (SSSR count). The number of nitrogens with two attached hydrogens (primary N) is 1. The van der Waals surface area contributed by atoms with Crippen LogP contribution < -0.4 is 10.5 Å². The minimum Gasteiger partial charge on any atom is -0.376 e. The standard InChI is InChI=1S/C14H20N4O2S/c1-9(16-14-10(2)17-18(4)11(14)3)12-6-5-7-13(8-12)21(15,19)20/h5-9,16H,1-4H3,(H2,15,19,20). The fourth-order valence-electron chi connectivity index (χ4n) is 2.24. The van der Waals surface area contributed by atoms with E-state index in [4.69, 9.17) is 5.14 Å². The van der Waals surface area contributed by atoms with E-state index in [-0.39, 0.29) is 10.9 Å². The molecule has 0 spiro atoms. The van der Waals surface area contributed by atoms with Crippen molar-refractivity contribution in [2.75, 3.05) is 5.32 Å². The van der Waals surface area contributed by atoms with Gasteiger partial charge in [-0.25, -0.2) is 13.6 Å². The monoisotopic (exact) mass is 308 g/mol. The van der Waals surface area contributed by atoms with Gasteiger partial charge in [-0.1, -0.05) is 12.1 Å². The highest BCUT2D eigenvalue weighted by atomic mass is 32.2. The van der Waals surface area contributed by atoms with Crippen molar-refractivity contribution in [1.29, 1.82) is 0 Å². The highest BCUT2D eigenvalue weighted by Crippen LogP contribution is 2.25. The molecule has 0 aliphatic rings. The Morgan fingerprint density at radius 3 is 2.52 bits per heavy atom. The van der Waals surface area contributed by atoms with Crippen LogP contribution in [0.3, 0.4) is 0 Å². The molecule has 7 heteroatoms. The molecule has 1 heterocycles. The molecular weight excluding hydrogens is 288 g/mol. The SMILES string of the molecule is Cc1nn(C)c(C)c1NC(C)c1cccc(S(N)(=O)=O)c1. The van der Waals surface area contributed by atoms with Crippen molar-refractivity contribution < 1.29 is 8.42 Å². The van der Waals surface area contributed by atoms with E-state index in [1.165, 1.54) is 6.07 Å². The van der Waals surface area contributed by atoms with E-state index in [0.717, 1.165) is 22.6 Å². The molecule has 0 fully saturated rings. The van der Waals surface area contributed by atoms with Crippen LogP contribution in [0.2, 0.25) is 0 Å². The molecule has 2 aromatic rings. The molecule has 1 unspecified atom stereocenters. The van der Waals surface area contributed by atoms with Gasteiger partial charge in [-0.05, 0) is 38.5 Å². The number of rotatable bonds is 4. The number of hydrogen-bond acceptors (Lipinski definition) is 4. The number of primary sulfonamides is 1. The van der Waals surface area contributed by atoms with Crippen molar-refractivity contribution in [1.82, 2.24) is 9.78 Å². The van der Waals surface area contributed by atoms with Crippen LogP contribution in [-0.2, 0) is 17.1 Å². The summed E-state index contributed by atoms with van der Waals surface area (Å²) in [5.41, 5.74) is 3.75. The molecule has 114 valence electrons. The molecule has 1 aromatic heterocycles. The molecule has 0 amide bonds. The summed E-state index contributed by atoms with van der Waals surface area (Å²) in [6.07, 6.45) is 0. The molecule has 0 aliphatic carbocycles. The van der Waals surface area contributed by atoms with Crippen molar-refractivity contribution in [2.45, 2.75) is 31.7 Å². The second-order valence-electron chi connectivity index (χ2n) is 5.15. The predicted octanol–water partition coefficient (Wildman–Crippen LogP) is 1.86. The second-order valence-corrected chi connectivity index (χ2v) is 6.71. The Kier molecular flexibility index (Phi) is 4.06. The number of hydrogen-bond donors (Lipinski definition) is 2. The van der Waals surface area contributed by atoms with E-state index >= 15 is 0 Å². The highest BCUT2D eigenvalue weighted by Gasteiger charge is 2.15. The first-order chi connectivity index (χ1) is 9.70. The number of aryl methyl sites for hydroxylation is 2. The average Bonchev–Trinajstić information content (AvgIpc) is 2.64. The van der Waals surface area contributed by atoms with Crippen LogP contribution >= 0.6 is 0 Å². The lowest BCUT2D eigenvalue weighted by atomic mass is 10.1. The largest absolute Gasteiger partial charge is 0.376 e. The van der Waals surface area contributed by atoms with Crippen LogP contribution in [0.15, 0.2) is 29.2 Å². The van der Waals surface area contributed by atoms with Crippen LogP contribution in [0.25, 0.3) is 0 Å². The number of benzene rings is 1. The number of anilines is 1. The zero-order chi connectivity index (χ0) is 15.8. The highest BCUT2D eigenvalue weighted by molar-refractivity contribution is 7.89. The molecule has 0 radical (unpaired) electrons. The molecule has 0 saturated carbocycles. The summed E-state index contributed by atoms with van der Waals surface area (Å²) in [6, 6.07) is 6.58. The van der Waals surface area contributed by atoms with E-state index < -0.39 is 10.0 Å². The summed E-state index contributed by atoms with van der Waals surface area (Å²) >= 11 is 0. The molecule has 21 heavy (non-hydrogen) atoms. The Bertz CT molecular complexity index is 765. The molecule has 0 aliphatic heterocycles. The molecule has 6 nitrogen and oxygen atoms in total. The normalized spacial score (nSPS) is 13.2. The van der Waals surface area contributed by atoms with Crippen molar-refractivity contribution in [3.05, 3.63) is 41.2 Å². The summed E-state index contributed by atoms with van der Waals surface area (Å²) in [5, 5.41) is 12.9. The van der Waals surface area contributed by atoms with Crippen molar-refractivity contribution in [3.8, 4) is 0 Å². The smallest absolute Gasteiger partial charge is 0.238 e. The average molecular weight is 308 g/mol. The third-order valence-electron chi connectivity index (χ3n) is 3.56. The van der Waals surface area contributed by atoms with Crippen LogP contribution in [-0.4, -0.2) is 18.2 Å². The van der Waals surface area contributed by atoms with Crippen LogP contribution in [0.1, 0.15) is 29.9 Å². The Balaban J connectivity index is 2.31. The third-order valence-corrected chi connectivity index (χ3v) is 4.47. The summed E-state index contributed by atoms with van der Waals surface area (Å²) in [4.78, 5) is 0.119. The van der Waals surface area contributed by atoms with Crippen molar-refractivity contribution >= 4 is 15.7 Å². The fraction of sp³-hybridized carbons (Fsp3) is 0.357. The number of aromatic nitrogens is 2. The Morgan fingerprint density at radius 1 is 1.33 bits per heavy atom. The lowest BCUT2D eigenvalue weighted by Gasteiger charge is -2.16. The van der Waals surface area contributed by atoms with Gasteiger partial charge in [0.05, 0.1) is 22.0 Å². The van der Waals surface area contributed by atoms with Gasteiger partial charge in [-0.15, -0.1) is 0 Å². The molecule has 0 bridgehead atoms. The maximum absolute atomic E-state index is 11.4. The molecule has 0 saturated heterocycles. The number of nitrogens with zero attached hydrogens (tertiary/aromatic N) is 2. The van der Waals surface area contributed by atoms with Gasteiger partial charge in [0.1, 0.15) is 0 Å². The Labute approximate surface area is 125 Å². The van der Waals surface area contributed by atoms with Gasteiger partial charge in [-0.2, -0.15) is 5.10 Å². The summed E-state index contributed by atoms with van der Waals surface area (Å²) < 4.78 is 24.7. The zero-order valence-electron chi connectivity index (χ0n) is 12.6. The van der Waals surface area contributed by atoms with E-state index in [9.17, 15) is 8.42 Å². The lowest BCUT2D eigenvalue weighted by molar-refractivity contribution is 0.597. The van der Waals surface area contributed by atoms with E-state index in [1.54, 1.807) is 12.1 Å². The maximum Gasteiger partial charge on any atom is 0.238 e. The number of nitrogens with one attached hydrogen (secondary N) is 1. The minimum absolute atomic E-state index is 0.0618. The first-order valence-electron chi connectivity index (χ1n) is 6.59. The van der Waals surface area contributed by atoms with Gasteiger partial charge in [0, 0.05) is 13.1 Å². The maximum atomic E-state index is 11.4. The Morgan fingerprint density at radius 2 is 2.00 bits per heavy atom. The number of sulfonamides is 1. The van der Waals surface area contributed by atoms with E-state index in [2.05, 4.69) is 10.4 Å². The van der Waals surface area contributed by atoms with Crippen molar-refractivity contribution in [2.24, 2.45) is 12.2 Å². The van der Waals surface area contributed by atoms with Gasteiger partial charge in [0.2, 0.25) is 10.0 Å². The van der Waals surface area contributed by atoms with Gasteiger partial charge in [0.25, 0.3) is 0 Å². The topological polar surface area (TPSA) is 90.0 Å². The summed E-state index contributed by atoms with van der Waals surface area (Å²) in [5.74, 6) is 0. The van der Waals surface area contributed by atoms with Crippen molar-refractivity contribution in [3.63, 3.8) is 0 Å². The van der Waals surface area contributed by atoms with E-state index in [1.807, 2.05) is 38.6 Å². The minimum atomic E-state index is -3.69. The van der Waals surface area contributed by atoms with E-state index in [0.29, 0.717) is 0 Å². The van der Waals surface area contributed by atoms with Crippen LogP contribution in [0.4, 0.5) is 5.69 Å². The summed E-state index contributed by atoms with van der Waals surface area (Å²) in [7, 11) is -1.80. The molecule has 1 atom stereocenters. The van der Waals surface area contributed by atoms with Gasteiger partial charge in [0.15, 0.2) is 0 Å². The quantitative estimate of drug-likeness (QED) is 0.902. The second kappa shape index (κ2) is 5.50. The lowest BCUT2D eigenvalue weighted by Crippen LogP contribution is -2.14. The van der Waals surface area contributed by atoms with Gasteiger partial charge < -0.3 is 5.32 Å². The predicted molar refractivity (Wildman–Crippen MR) is 82.5 cm³/mol. The third kappa shape index (κ3) is 3.25. The fourth-order valence-corrected chi connectivity index (χ4v) is 2.81. The molecule has 3 N–H and O–H groups in total. The Hall–Kier alpha value is -1.86. The molecular formula is C14H20N4O2S. The van der Waals surface area contributed by atoms with Gasteiger partial charge >= 0.3 is 0 Å². The van der Waals surface area contributed by atoms with Crippen LogP contribution in [0.5, 0.6) is 0 Å².